The Labute approximate surface area is 654 Å². The van der Waals surface area contributed by atoms with E-state index in [-0.39, 0.29) is 38.2 Å². The van der Waals surface area contributed by atoms with Crippen LogP contribution in [0.2, 0.25) is 0 Å². The van der Waals surface area contributed by atoms with Crippen LogP contribution in [0.25, 0.3) is 0 Å². The van der Waals surface area contributed by atoms with E-state index in [1.807, 2.05) is 21.1 Å². The summed E-state index contributed by atoms with van der Waals surface area (Å²) in [5.41, 5.74) is 0. The third kappa shape index (κ3) is 88.1. The zero-order valence-corrected chi connectivity index (χ0v) is 70.9. The van der Waals surface area contributed by atoms with Gasteiger partial charge in [-0.1, -0.05) is 466 Å². The number of rotatable bonds is 88. The fourth-order valence-electron chi connectivity index (χ4n) is 14.3. The van der Waals surface area contributed by atoms with Crippen LogP contribution in [-0.2, 0) is 33.3 Å². The standard InChI is InChI=1S/C96H179NO8/c1-6-8-10-12-14-16-18-20-22-24-26-28-30-32-34-36-38-40-42-44-46-47-49-50-52-54-56-58-60-62-64-66-68-70-72-74-76-78-80-82-84-86-93(98)103-90-92(91-104-96(95(100)101)102-89-88-97(3,4)5)105-94(99)87-85-83-81-79-77-75-73-71-69-67-65-63-61-59-57-55-53-51-48-45-43-41-39-37-35-33-31-29-27-25-23-21-19-17-15-13-11-9-7-2/h9,11,15,17,21,23,27,29,33,35,92,96H,6-8,10,12-14,16,18-20,22,24-26,28,30-32,34,36-91H2,1-5H3/p+1/b11-9-,17-15-,23-21-,29-27-,35-33-. The highest BCUT2D eigenvalue weighted by Crippen LogP contribution is 2.21. The van der Waals surface area contributed by atoms with Gasteiger partial charge in [0, 0.05) is 12.8 Å². The smallest absolute Gasteiger partial charge is 0.361 e. The summed E-state index contributed by atoms with van der Waals surface area (Å²) in [6.45, 7) is 4.85. The lowest BCUT2D eigenvalue weighted by atomic mass is 10.0. The van der Waals surface area contributed by atoms with E-state index in [1.165, 1.54) is 379 Å². The lowest BCUT2D eigenvalue weighted by Crippen LogP contribution is -2.40. The molecule has 0 aliphatic carbocycles. The van der Waals surface area contributed by atoms with Crippen molar-refractivity contribution in [2.45, 2.75) is 489 Å². The van der Waals surface area contributed by atoms with Crippen LogP contribution >= 0.6 is 0 Å². The predicted molar refractivity (Wildman–Crippen MR) is 457 cm³/mol. The maximum Gasteiger partial charge on any atom is 0.361 e. The summed E-state index contributed by atoms with van der Waals surface area (Å²) in [5.74, 6) is -1.97. The molecule has 2 atom stereocenters. The lowest BCUT2D eigenvalue weighted by molar-refractivity contribution is -0.870. The van der Waals surface area contributed by atoms with Crippen molar-refractivity contribution < 1.29 is 42.9 Å². The highest BCUT2D eigenvalue weighted by atomic mass is 16.7. The molecule has 0 aromatic carbocycles. The van der Waals surface area contributed by atoms with E-state index in [0.29, 0.717) is 17.4 Å². The Kier molecular flexibility index (Phi) is 84.1. The summed E-state index contributed by atoms with van der Waals surface area (Å²) in [7, 11) is 6.01. The van der Waals surface area contributed by atoms with E-state index in [2.05, 4.69) is 74.6 Å². The molecule has 105 heavy (non-hydrogen) atoms. The number of ether oxygens (including phenoxy) is 4. The Morgan fingerprint density at radius 1 is 0.295 bits per heavy atom. The first-order valence-electron chi connectivity index (χ1n) is 46.5. The molecule has 1 N–H and O–H groups in total. The minimum absolute atomic E-state index is 0.175. The van der Waals surface area contributed by atoms with E-state index in [4.69, 9.17) is 18.9 Å². The van der Waals surface area contributed by atoms with Crippen LogP contribution in [0.4, 0.5) is 0 Å². The molecule has 0 heterocycles. The summed E-state index contributed by atoms with van der Waals surface area (Å²) < 4.78 is 23.1. The van der Waals surface area contributed by atoms with E-state index in [1.54, 1.807) is 0 Å². The number of nitrogens with zero attached hydrogens (tertiary/aromatic N) is 1. The number of allylic oxidation sites excluding steroid dienone is 10. The highest BCUT2D eigenvalue weighted by Gasteiger charge is 2.25. The summed E-state index contributed by atoms with van der Waals surface area (Å²) >= 11 is 0. The minimum Gasteiger partial charge on any atom is -0.477 e. The summed E-state index contributed by atoms with van der Waals surface area (Å²) in [6.07, 6.45) is 115. The Bertz CT molecular complexity index is 1920. The Hall–Kier alpha value is -3.01. The van der Waals surface area contributed by atoms with Crippen molar-refractivity contribution in [1.82, 2.24) is 0 Å². The van der Waals surface area contributed by atoms with Gasteiger partial charge in [0.15, 0.2) is 6.10 Å². The molecule has 0 aromatic rings. The van der Waals surface area contributed by atoms with Crippen molar-refractivity contribution in [3.05, 3.63) is 60.8 Å². The lowest BCUT2D eigenvalue weighted by Gasteiger charge is -2.25. The van der Waals surface area contributed by atoms with Gasteiger partial charge in [0.2, 0.25) is 0 Å². The molecule has 0 saturated heterocycles. The van der Waals surface area contributed by atoms with Crippen molar-refractivity contribution in [2.24, 2.45) is 0 Å². The highest BCUT2D eigenvalue weighted by molar-refractivity contribution is 5.71. The molecule has 0 bridgehead atoms. The number of hydrogen-bond acceptors (Lipinski definition) is 7. The second kappa shape index (κ2) is 86.6. The van der Waals surface area contributed by atoms with Gasteiger partial charge < -0.3 is 28.5 Å². The molecule has 0 amide bonds. The molecule has 616 valence electrons. The largest absolute Gasteiger partial charge is 0.477 e. The van der Waals surface area contributed by atoms with Gasteiger partial charge in [0.05, 0.1) is 34.4 Å². The molecule has 0 spiro atoms. The number of carboxylic acids is 1. The Balaban J connectivity index is 3.87. The molecule has 0 aliphatic heterocycles. The fraction of sp³-hybridized carbons (Fsp3) is 0.865. The van der Waals surface area contributed by atoms with Crippen LogP contribution in [0.1, 0.15) is 476 Å². The fourth-order valence-corrected chi connectivity index (χ4v) is 14.3. The molecule has 0 fully saturated rings. The Morgan fingerprint density at radius 2 is 0.543 bits per heavy atom. The van der Waals surface area contributed by atoms with Gasteiger partial charge in [0.25, 0.3) is 6.29 Å². The monoisotopic (exact) mass is 1480 g/mol. The molecule has 0 radical (unpaired) electrons. The number of quaternary nitrogens is 1. The van der Waals surface area contributed by atoms with Crippen molar-refractivity contribution in [2.75, 3.05) is 47.5 Å². The van der Waals surface area contributed by atoms with Gasteiger partial charge in [-0.3, -0.25) is 9.59 Å². The number of carbonyl (C=O) groups excluding carboxylic acids is 2. The number of esters is 2. The van der Waals surface area contributed by atoms with Crippen LogP contribution < -0.4 is 0 Å². The third-order valence-corrected chi connectivity index (χ3v) is 21.3. The molecule has 0 rings (SSSR count). The normalized spacial score (nSPS) is 12.8. The maximum absolute atomic E-state index is 13.0. The topological polar surface area (TPSA) is 108 Å². The quantitative estimate of drug-likeness (QED) is 0.0211. The van der Waals surface area contributed by atoms with Crippen molar-refractivity contribution in [1.29, 1.82) is 0 Å². The molecule has 9 nitrogen and oxygen atoms in total. The summed E-state index contributed by atoms with van der Waals surface area (Å²) in [4.78, 5) is 37.8. The number of carboxylic acid groups (broad SMARTS) is 1. The van der Waals surface area contributed by atoms with Gasteiger partial charge >= 0.3 is 17.9 Å². The van der Waals surface area contributed by atoms with E-state index < -0.39 is 18.4 Å². The first-order chi connectivity index (χ1) is 51.6. The van der Waals surface area contributed by atoms with Crippen LogP contribution in [0.15, 0.2) is 60.8 Å². The zero-order chi connectivity index (χ0) is 76.0. The van der Waals surface area contributed by atoms with Crippen molar-refractivity contribution in [3.63, 3.8) is 0 Å². The molecule has 0 aliphatic rings. The molecular formula is C96H180NO8+. The third-order valence-electron chi connectivity index (χ3n) is 21.3. The second-order valence-corrected chi connectivity index (χ2v) is 33.0. The van der Waals surface area contributed by atoms with Gasteiger partial charge in [-0.2, -0.15) is 0 Å². The van der Waals surface area contributed by atoms with Gasteiger partial charge in [-0.05, 0) is 57.8 Å². The molecule has 0 aromatic heterocycles. The SMILES string of the molecule is CC/C=C\C/C=C\C/C=C\C/C=C\C/C=C\CCCCCCCCCCCCCCCCCCCCCCCCCC(=O)OC(COC(=O)CCCCCCCCCCCCCCCCCCCCCCCCCCCCCCCCCCCCCCCCCCC)COC(OCC[N+](C)(C)C)C(=O)O. The number of unbranched alkanes of at least 4 members (excludes halogenated alkanes) is 63. The molecule has 9 heteroatoms. The van der Waals surface area contributed by atoms with E-state index in [9.17, 15) is 19.5 Å². The predicted octanol–water partition coefficient (Wildman–Crippen LogP) is 30.5. The van der Waals surface area contributed by atoms with Crippen molar-refractivity contribution >= 4 is 17.9 Å². The number of hydrogen-bond donors (Lipinski definition) is 1. The van der Waals surface area contributed by atoms with E-state index >= 15 is 0 Å². The van der Waals surface area contributed by atoms with Gasteiger partial charge in [-0.25, -0.2) is 4.79 Å². The number of likely N-dealkylation sites (N-methyl/N-ethyl adjacent to an activating group) is 1. The molecular weight excluding hydrogens is 1300 g/mol. The zero-order valence-electron chi connectivity index (χ0n) is 70.9. The molecule has 2 unspecified atom stereocenters. The average molecular weight is 1480 g/mol. The number of carbonyl (C=O) groups is 3. The number of aliphatic carboxylic acids is 1. The van der Waals surface area contributed by atoms with Gasteiger partial charge in [0.1, 0.15) is 13.2 Å². The average Bonchev–Trinajstić information content (AvgIpc) is 1.97. The van der Waals surface area contributed by atoms with E-state index in [0.717, 1.165) is 70.6 Å². The minimum atomic E-state index is -1.51. The van der Waals surface area contributed by atoms with Crippen LogP contribution in [0.3, 0.4) is 0 Å². The Morgan fingerprint density at radius 3 is 0.810 bits per heavy atom. The first-order valence-corrected chi connectivity index (χ1v) is 46.5. The first kappa shape index (κ1) is 102. The van der Waals surface area contributed by atoms with Gasteiger partial charge in [-0.15, -0.1) is 0 Å². The van der Waals surface area contributed by atoms with Crippen LogP contribution in [0.5, 0.6) is 0 Å². The second-order valence-electron chi connectivity index (χ2n) is 33.0. The van der Waals surface area contributed by atoms with Crippen LogP contribution in [-0.4, -0.2) is 87.4 Å². The summed E-state index contributed by atoms with van der Waals surface area (Å²) in [5, 5.41) is 9.80. The molecule has 0 saturated carbocycles. The maximum atomic E-state index is 13.0. The van der Waals surface area contributed by atoms with Crippen molar-refractivity contribution in [3.8, 4) is 0 Å². The summed E-state index contributed by atoms with van der Waals surface area (Å²) in [6, 6.07) is 0. The van der Waals surface area contributed by atoms with Crippen LogP contribution in [0, 0.1) is 0 Å².